The topological polar surface area (TPSA) is 67.4 Å². The second kappa shape index (κ2) is 5.46. The molecular formula is C15H24N2O3. The van der Waals surface area contributed by atoms with E-state index in [2.05, 4.69) is 10.6 Å². The van der Waals surface area contributed by atoms with Crippen LogP contribution in [-0.2, 0) is 14.3 Å². The smallest absolute Gasteiger partial charge is 0.356 e. The van der Waals surface area contributed by atoms with Crippen LogP contribution in [0.25, 0.3) is 0 Å². The lowest BCUT2D eigenvalue weighted by atomic mass is 9.81. The van der Waals surface area contributed by atoms with Crippen molar-refractivity contribution in [3.8, 4) is 0 Å². The molecule has 1 aliphatic heterocycles. The van der Waals surface area contributed by atoms with Gasteiger partial charge in [0.2, 0.25) is 5.91 Å². The molecule has 2 rings (SSSR count). The van der Waals surface area contributed by atoms with E-state index in [-0.39, 0.29) is 29.2 Å². The summed E-state index contributed by atoms with van der Waals surface area (Å²) in [6.45, 7) is 7.54. The van der Waals surface area contributed by atoms with Crippen LogP contribution < -0.4 is 10.6 Å². The SMILES string of the molecule is CC(=O)NC1=C(NC(C)(C)C)C2CCCCC2OC1=O. The monoisotopic (exact) mass is 280 g/mol. The number of amides is 1. The predicted molar refractivity (Wildman–Crippen MR) is 75.6 cm³/mol. The zero-order chi connectivity index (χ0) is 14.9. The molecule has 1 fully saturated rings. The highest BCUT2D eigenvalue weighted by molar-refractivity contribution is 5.94. The zero-order valence-electron chi connectivity index (χ0n) is 12.7. The van der Waals surface area contributed by atoms with Gasteiger partial charge < -0.3 is 15.4 Å². The van der Waals surface area contributed by atoms with Gasteiger partial charge in [0.1, 0.15) is 11.8 Å². The van der Waals surface area contributed by atoms with Crippen LogP contribution in [0.15, 0.2) is 11.4 Å². The molecule has 0 aromatic carbocycles. The molecule has 20 heavy (non-hydrogen) atoms. The maximum Gasteiger partial charge on any atom is 0.356 e. The van der Waals surface area contributed by atoms with Crippen molar-refractivity contribution in [2.75, 3.05) is 0 Å². The molecule has 0 radical (unpaired) electrons. The molecule has 1 saturated carbocycles. The van der Waals surface area contributed by atoms with E-state index < -0.39 is 5.97 Å². The Labute approximate surface area is 120 Å². The minimum Gasteiger partial charge on any atom is -0.457 e. The first-order valence-electron chi connectivity index (χ1n) is 7.29. The number of hydrogen-bond donors (Lipinski definition) is 2. The Kier molecular flexibility index (Phi) is 4.06. The number of nitrogens with one attached hydrogen (secondary N) is 2. The lowest BCUT2D eigenvalue weighted by Crippen LogP contribution is -2.49. The number of esters is 1. The number of hydrogen-bond acceptors (Lipinski definition) is 4. The standard InChI is InChI=1S/C15H24N2O3/c1-9(18)16-13-12(17-15(2,3)4)10-7-5-6-8-11(10)20-14(13)19/h10-11,17H,5-8H2,1-4H3,(H,16,18). The van der Waals surface area contributed by atoms with E-state index in [0.29, 0.717) is 0 Å². The predicted octanol–water partition coefficient (Wildman–Crippen LogP) is 1.84. The second-order valence-electron chi connectivity index (χ2n) is 6.68. The highest BCUT2D eigenvalue weighted by Gasteiger charge is 2.40. The largest absolute Gasteiger partial charge is 0.457 e. The van der Waals surface area contributed by atoms with Crippen molar-refractivity contribution in [2.45, 2.75) is 65.0 Å². The van der Waals surface area contributed by atoms with Crippen LogP contribution in [0.5, 0.6) is 0 Å². The second-order valence-corrected chi connectivity index (χ2v) is 6.68. The van der Waals surface area contributed by atoms with E-state index in [1.807, 2.05) is 20.8 Å². The van der Waals surface area contributed by atoms with Gasteiger partial charge in [0, 0.05) is 24.1 Å². The first-order valence-corrected chi connectivity index (χ1v) is 7.29. The van der Waals surface area contributed by atoms with Gasteiger partial charge in [-0.1, -0.05) is 6.42 Å². The van der Waals surface area contributed by atoms with Crippen LogP contribution in [0.1, 0.15) is 53.4 Å². The number of rotatable bonds is 2. The van der Waals surface area contributed by atoms with Gasteiger partial charge in [-0.05, 0) is 40.0 Å². The summed E-state index contributed by atoms with van der Waals surface area (Å²) in [6.07, 6.45) is 4.05. The molecule has 2 atom stereocenters. The molecular weight excluding hydrogens is 256 g/mol. The molecule has 0 aromatic rings. The van der Waals surface area contributed by atoms with Crippen LogP contribution in [-0.4, -0.2) is 23.5 Å². The van der Waals surface area contributed by atoms with Crippen molar-refractivity contribution in [1.29, 1.82) is 0 Å². The summed E-state index contributed by atoms with van der Waals surface area (Å²) in [5.41, 5.74) is 0.961. The van der Waals surface area contributed by atoms with Crippen molar-refractivity contribution in [1.82, 2.24) is 10.6 Å². The fourth-order valence-corrected chi connectivity index (χ4v) is 2.91. The summed E-state index contributed by atoms with van der Waals surface area (Å²) in [6, 6.07) is 0. The summed E-state index contributed by atoms with van der Waals surface area (Å²) >= 11 is 0. The first kappa shape index (κ1) is 14.9. The Morgan fingerprint density at radius 2 is 1.90 bits per heavy atom. The molecule has 5 nitrogen and oxygen atoms in total. The fourth-order valence-electron chi connectivity index (χ4n) is 2.91. The fraction of sp³-hybridized carbons (Fsp3) is 0.733. The van der Waals surface area contributed by atoms with Crippen LogP contribution in [0, 0.1) is 5.92 Å². The summed E-state index contributed by atoms with van der Waals surface area (Å²) in [5.74, 6) is -0.503. The molecule has 0 aromatic heterocycles. The van der Waals surface area contributed by atoms with Crippen molar-refractivity contribution in [3.05, 3.63) is 11.4 Å². The Bertz CT molecular complexity index is 449. The highest BCUT2D eigenvalue weighted by Crippen LogP contribution is 2.36. The molecule has 112 valence electrons. The number of carbonyl (C=O) groups excluding carboxylic acids is 2. The van der Waals surface area contributed by atoms with Gasteiger partial charge in [-0.15, -0.1) is 0 Å². The van der Waals surface area contributed by atoms with E-state index in [1.54, 1.807) is 0 Å². The van der Waals surface area contributed by atoms with Crippen molar-refractivity contribution in [2.24, 2.45) is 5.92 Å². The normalized spacial score (nSPS) is 26.7. The van der Waals surface area contributed by atoms with Crippen LogP contribution >= 0.6 is 0 Å². The van der Waals surface area contributed by atoms with E-state index in [1.165, 1.54) is 6.92 Å². The third-order valence-electron chi connectivity index (χ3n) is 3.62. The van der Waals surface area contributed by atoms with Gasteiger partial charge in [0.25, 0.3) is 0 Å². The van der Waals surface area contributed by atoms with Gasteiger partial charge in [-0.3, -0.25) is 4.79 Å². The molecule has 5 heteroatoms. The third kappa shape index (κ3) is 3.32. The summed E-state index contributed by atoms with van der Waals surface area (Å²) in [7, 11) is 0. The minimum absolute atomic E-state index is 0.0568. The Hall–Kier alpha value is -1.52. The molecule has 1 amide bonds. The van der Waals surface area contributed by atoms with Gasteiger partial charge >= 0.3 is 5.97 Å². The molecule has 2 N–H and O–H groups in total. The maximum absolute atomic E-state index is 12.1. The van der Waals surface area contributed by atoms with Crippen LogP contribution in [0.2, 0.25) is 0 Å². The lowest BCUT2D eigenvalue weighted by molar-refractivity contribution is -0.152. The average Bonchev–Trinajstić information content (AvgIpc) is 2.31. The van der Waals surface area contributed by atoms with Gasteiger partial charge in [-0.2, -0.15) is 0 Å². The van der Waals surface area contributed by atoms with E-state index in [4.69, 9.17) is 4.74 Å². The van der Waals surface area contributed by atoms with E-state index in [9.17, 15) is 9.59 Å². The van der Waals surface area contributed by atoms with E-state index >= 15 is 0 Å². The molecule has 0 saturated heterocycles. The lowest BCUT2D eigenvalue weighted by Gasteiger charge is -2.40. The average molecular weight is 280 g/mol. The molecule has 2 unspecified atom stereocenters. The molecule has 1 heterocycles. The van der Waals surface area contributed by atoms with Crippen LogP contribution in [0.3, 0.4) is 0 Å². The van der Waals surface area contributed by atoms with E-state index in [0.717, 1.165) is 31.4 Å². The number of fused-ring (bicyclic) bond motifs is 1. The Balaban J connectivity index is 2.38. The Morgan fingerprint density at radius 3 is 2.50 bits per heavy atom. The zero-order valence-corrected chi connectivity index (χ0v) is 12.7. The minimum atomic E-state index is -0.421. The number of ether oxygens (including phenoxy) is 1. The van der Waals surface area contributed by atoms with Crippen LogP contribution in [0.4, 0.5) is 0 Å². The summed E-state index contributed by atoms with van der Waals surface area (Å²) < 4.78 is 5.50. The van der Waals surface area contributed by atoms with Crippen molar-refractivity contribution < 1.29 is 14.3 Å². The quantitative estimate of drug-likeness (QED) is 0.757. The van der Waals surface area contributed by atoms with Gasteiger partial charge in [0.05, 0.1) is 0 Å². The first-order chi connectivity index (χ1) is 9.28. The highest BCUT2D eigenvalue weighted by atomic mass is 16.5. The summed E-state index contributed by atoms with van der Waals surface area (Å²) in [4.78, 5) is 23.5. The summed E-state index contributed by atoms with van der Waals surface area (Å²) in [5, 5.41) is 6.05. The molecule has 1 aliphatic carbocycles. The maximum atomic E-state index is 12.1. The third-order valence-corrected chi connectivity index (χ3v) is 3.62. The molecule has 2 aliphatic rings. The van der Waals surface area contributed by atoms with Crippen molar-refractivity contribution >= 4 is 11.9 Å². The van der Waals surface area contributed by atoms with Crippen molar-refractivity contribution in [3.63, 3.8) is 0 Å². The molecule has 0 spiro atoms. The Morgan fingerprint density at radius 1 is 1.25 bits per heavy atom. The van der Waals surface area contributed by atoms with Gasteiger partial charge in [-0.25, -0.2) is 4.79 Å². The molecule has 0 bridgehead atoms. The van der Waals surface area contributed by atoms with Gasteiger partial charge in [0.15, 0.2) is 0 Å². The number of carbonyl (C=O) groups is 2.